The number of aryl methyl sites for hydroxylation is 1. The first kappa shape index (κ1) is 20.3. The minimum absolute atomic E-state index is 0.0967. The first-order chi connectivity index (χ1) is 11.4. The number of aliphatic hydroxyl groups excluding tert-OH is 1. The van der Waals surface area contributed by atoms with Gasteiger partial charge in [0.2, 0.25) is 0 Å². The molecule has 1 N–H and O–H groups in total. The smallest absolute Gasteiger partial charge is 0.275 e. The number of hydrogen-bond acceptors (Lipinski definition) is 1. The largest absolute Gasteiger partial charge is 0.396 e. The second-order valence-corrected chi connectivity index (χ2v) is 5.98. The molecule has 2 aromatic carbocycles. The molecule has 0 aliphatic carbocycles. The van der Waals surface area contributed by atoms with Gasteiger partial charge in [-0.2, -0.15) is 0 Å². The van der Waals surface area contributed by atoms with Gasteiger partial charge in [0.05, 0.1) is 0 Å². The molecule has 0 unspecified atom stereocenters. The van der Waals surface area contributed by atoms with Gasteiger partial charge in [0, 0.05) is 18.1 Å². The van der Waals surface area contributed by atoms with Crippen molar-refractivity contribution in [2.75, 3.05) is 6.61 Å². The fourth-order valence-electron chi connectivity index (χ4n) is 2.46. The van der Waals surface area contributed by atoms with Gasteiger partial charge in [0.15, 0.2) is 0 Å². The first-order valence-electron chi connectivity index (χ1n) is 8.55. The van der Waals surface area contributed by atoms with Crippen LogP contribution in [0.4, 0.5) is 8.78 Å². The minimum Gasteiger partial charge on any atom is -0.396 e. The van der Waals surface area contributed by atoms with Crippen LogP contribution in [0.3, 0.4) is 0 Å². The van der Waals surface area contributed by atoms with Crippen LogP contribution in [-0.2, 0) is 12.3 Å². The number of halogens is 2. The molecule has 0 fully saturated rings. The molecule has 0 amide bonds. The second kappa shape index (κ2) is 8.93. The summed E-state index contributed by atoms with van der Waals surface area (Å²) in [4.78, 5) is 0. The summed E-state index contributed by atoms with van der Waals surface area (Å²) < 4.78 is 28.7. The van der Waals surface area contributed by atoms with Crippen molar-refractivity contribution in [2.45, 2.75) is 47.0 Å². The summed E-state index contributed by atoms with van der Waals surface area (Å²) >= 11 is 0. The molecule has 0 radical (unpaired) electrons. The monoisotopic (exact) mass is 334 g/mol. The first-order valence-corrected chi connectivity index (χ1v) is 8.55. The van der Waals surface area contributed by atoms with Gasteiger partial charge >= 0.3 is 0 Å². The van der Waals surface area contributed by atoms with E-state index in [-0.39, 0.29) is 12.2 Å². The summed E-state index contributed by atoms with van der Waals surface area (Å²) in [5.41, 5.74) is 3.43. The standard InChI is InChI=1S/C19H22F2O.C2H6/c1-13(2)19(20,21)18-12-17(7-4-14(18)3)16-8-5-15(6-9-16)10-11-22;1-2/h4-9,12-13,22H,10-11H2,1-3H3;1-2H3. The van der Waals surface area contributed by atoms with Crippen molar-refractivity contribution in [3.05, 3.63) is 59.2 Å². The van der Waals surface area contributed by atoms with Gasteiger partial charge in [-0.05, 0) is 41.7 Å². The molecule has 3 heteroatoms. The maximum atomic E-state index is 14.4. The van der Waals surface area contributed by atoms with Crippen molar-refractivity contribution in [1.29, 1.82) is 0 Å². The van der Waals surface area contributed by atoms with Gasteiger partial charge < -0.3 is 5.11 Å². The van der Waals surface area contributed by atoms with E-state index >= 15 is 0 Å². The highest BCUT2D eigenvalue weighted by Crippen LogP contribution is 2.39. The van der Waals surface area contributed by atoms with E-state index in [2.05, 4.69) is 0 Å². The van der Waals surface area contributed by atoms with E-state index in [4.69, 9.17) is 5.11 Å². The third-order valence-corrected chi connectivity index (χ3v) is 4.01. The predicted octanol–water partition coefficient (Wildman–Crippen LogP) is 5.97. The third-order valence-electron chi connectivity index (χ3n) is 4.01. The highest BCUT2D eigenvalue weighted by atomic mass is 19.3. The Morgan fingerprint density at radius 3 is 2.00 bits per heavy atom. The lowest BCUT2D eigenvalue weighted by molar-refractivity contribution is -0.0518. The molecule has 2 rings (SSSR count). The van der Waals surface area contributed by atoms with Gasteiger partial charge in [0.1, 0.15) is 0 Å². The van der Waals surface area contributed by atoms with E-state index in [9.17, 15) is 8.78 Å². The molecule has 0 saturated heterocycles. The van der Waals surface area contributed by atoms with E-state index in [0.717, 1.165) is 16.7 Å². The Balaban J connectivity index is 0.00000139. The van der Waals surface area contributed by atoms with Crippen molar-refractivity contribution in [2.24, 2.45) is 5.92 Å². The lowest BCUT2D eigenvalue weighted by Crippen LogP contribution is -2.22. The number of hydrogen-bond donors (Lipinski definition) is 1. The Kier molecular flexibility index (Phi) is 7.56. The fourth-order valence-corrected chi connectivity index (χ4v) is 2.46. The number of aliphatic hydroxyl groups is 1. The van der Waals surface area contributed by atoms with Crippen LogP contribution in [0.2, 0.25) is 0 Å². The van der Waals surface area contributed by atoms with Crippen molar-refractivity contribution in [1.82, 2.24) is 0 Å². The lowest BCUT2D eigenvalue weighted by Gasteiger charge is -2.23. The molecule has 0 aromatic heterocycles. The van der Waals surface area contributed by atoms with E-state index in [0.29, 0.717) is 12.0 Å². The molecule has 1 nitrogen and oxygen atoms in total. The Morgan fingerprint density at radius 1 is 0.958 bits per heavy atom. The summed E-state index contributed by atoms with van der Waals surface area (Å²) in [7, 11) is 0. The third kappa shape index (κ3) is 4.64. The molecule has 0 bridgehead atoms. The topological polar surface area (TPSA) is 20.2 Å². The molecular weight excluding hydrogens is 306 g/mol. The molecule has 24 heavy (non-hydrogen) atoms. The molecular formula is C21H28F2O. The molecule has 2 aromatic rings. The minimum atomic E-state index is -2.84. The zero-order valence-electron chi connectivity index (χ0n) is 15.2. The van der Waals surface area contributed by atoms with Gasteiger partial charge in [-0.25, -0.2) is 8.78 Å². The van der Waals surface area contributed by atoms with Crippen molar-refractivity contribution in [3.8, 4) is 11.1 Å². The van der Waals surface area contributed by atoms with Crippen LogP contribution in [-0.4, -0.2) is 11.7 Å². The number of benzene rings is 2. The highest BCUT2D eigenvalue weighted by Gasteiger charge is 2.36. The predicted molar refractivity (Wildman–Crippen MR) is 97.5 cm³/mol. The number of alkyl halides is 2. The van der Waals surface area contributed by atoms with Gasteiger partial charge in [0.25, 0.3) is 5.92 Å². The van der Waals surface area contributed by atoms with E-state index < -0.39 is 11.8 Å². The lowest BCUT2D eigenvalue weighted by atomic mass is 9.91. The van der Waals surface area contributed by atoms with Crippen LogP contribution >= 0.6 is 0 Å². The Bertz CT molecular complexity index is 631. The van der Waals surface area contributed by atoms with Crippen LogP contribution in [0.25, 0.3) is 11.1 Å². The SMILES string of the molecule is CC.Cc1ccc(-c2ccc(CCO)cc2)cc1C(F)(F)C(C)C. The highest BCUT2D eigenvalue weighted by molar-refractivity contribution is 5.65. The van der Waals surface area contributed by atoms with Crippen LogP contribution in [0.1, 0.15) is 44.4 Å². The second-order valence-electron chi connectivity index (χ2n) is 5.98. The maximum absolute atomic E-state index is 14.4. The summed E-state index contributed by atoms with van der Waals surface area (Å²) in [5, 5.41) is 8.93. The van der Waals surface area contributed by atoms with Crippen molar-refractivity contribution < 1.29 is 13.9 Å². The Labute approximate surface area is 144 Å². The van der Waals surface area contributed by atoms with E-state index in [1.165, 1.54) is 13.8 Å². The van der Waals surface area contributed by atoms with Crippen LogP contribution in [0.5, 0.6) is 0 Å². The Hall–Kier alpha value is -1.74. The Morgan fingerprint density at radius 2 is 1.50 bits per heavy atom. The summed E-state index contributed by atoms with van der Waals surface area (Å²) in [6.07, 6.45) is 0.602. The molecule has 0 aliphatic heterocycles. The van der Waals surface area contributed by atoms with E-state index in [1.54, 1.807) is 19.1 Å². The van der Waals surface area contributed by atoms with E-state index in [1.807, 2.05) is 44.2 Å². The van der Waals surface area contributed by atoms with Gasteiger partial charge in [-0.15, -0.1) is 0 Å². The average Bonchev–Trinajstić information content (AvgIpc) is 2.58. The van der Waals surface area contributed by atoms with Crippen molar-refractivity contribution in [3.63, 3.8) is 0 Å². The summed E-state index contributed by atoms with van der Waals surface area (Å²) in [5.74, 6) is -3.58. The van der Waals surface area contributed by atoms with Crippen LogP contribution in [0.15, 0.2) is 42.5 Å². The quantitative estimate of drug-likeness (QED) is 0.714. The zero-order chi connectivity index (χ0) is 18.3. The molecule has 0 aliphatic rings. The molecule has 0 spiro atoms. The van der Waals surface area contributed by atoms with Gasteiger partial charge in [-0.3, -0.25) is 0 Å². The maximum Gasteiger partial charge on any atom is 0.275 e. The summed E-state index contributed by atoms with van der Waals surface area (Å²) in [6, 6.07) is 12.9. The van der Waals surface area contributed by atoms with Crippen LogP contribution < -0.4 is 0 Å². The number of rotatable bonds is 5. The van der Waals surface area contributed by atoms with Crippen LogP contribution in [0, 0.1) is 12.8 Å². The fraction of sp³-hybridized carbons (Fsp3) is 0.429. The molecule has 132 valence electrons. The molecule has 0 heterocycles. The average molecular weight is 334 g/mol. The molecule has 0 atom stereocenters. The van der Waals surface area contributed by atoms with Crippen molar-refractivity contribution >= 4 is 0 Å². The zero-order valence-corrected chi connectivity index (χ0v) is 15.2. The normalized spacial score (nSPS) is 11.2. The van der Waals surface area contributed by atoms with Gasteiger partial charge in [-0.1, -0.05) is 64.1 Å². The summed E-state index contributed by atoms with van der Waals surface area (Å²) in [6.45, 7) is 8.90. The molecule has 0 saturated carbocycles.